The number of rotatable bonds is 4. The summed E-state index contributed by atoms with van der Waals surface area (Å²) in [4.78, 5) is 25.0. The predicted octanol–water partition coefficient (Wildman–Crippen LogP) is 3.71. The highest BCUT2D eigenvalue weighted by Crippen LogP contribution is 2.29. The molecule has 6 nitrogen and oxygen atoms in total. The maximum atomic E-state index is 13.0. The molecule has 1 N–H and O–H groups in total. The molecule has 142 valence electrons. The summed E-state index contributed by atoms with van der Waals surface area (Å²) in [5.41, 5.74) is 5.31. The Morgan fingerprint density at radius 2 is 1.82 bits per heavy atom. The molecule has 0 saturated heterocycles. The minimum Gasteiger partial charge on any atom is -0.465 e. The normalized spacial score (nSPS) is 12.5. The van der Waals surface area contributed by atoms with Gasteiger partial charge >= 0.3 is 5.97 Å². The van der Waals surface area contributed by atoms with E-state index in [0.29, 0.717) is 16.9 Å². The number of ether oxygens (including phenoxy) is 1. The number of nitrogens with one attached hydrogen (secondary N) is 1. The molecule has 4 rings (SSSR count). The molecular weight excluding hydrogens is 354 g/mol. The number of aryl methyl sites for hydroxylation is 1. The highest BCUT2D eigenvalue weighted by atomic mass is 16.5. The second kappa shape index (κ2) is 7.31. The van der Waals surface area contributed by atoms with E-state index in [0.717, 1.165) is 36.2 Å². The van der Waals surface area contributed by atoms with Crippen LogP contribution in [0.2, 0.25) is 0 Å². The van der Waals surface area contributed by atoms with Crippen molar-refractivity contribution in [3.8, 4) is 5.69 Å². The van der Waals surface area contributed by atoms with Crippen LogP contribution in [0.5, 0.6) is 0 Å². The lowest BCUT2D eigenvalue weighted by molar-refractivity contribution is 0.0602. The van der Waals surface area contributed by atoms with Gasteiger partial charge in [-0.25, -0.2) is 9.48 Å². The van der Waals surface area contributed by atoms with Crippen molar-refractivity contribution in [2.24, 2.45) is 0 Å². The topological polar surface area (TPSA) is 73.2 Å². The molecule has 0 radical (unpaired) electrons. The number of benzene rings is 2. The largest absolute Gasteiger partial charge is 0.465 e. The highest BCUT2D eigenvalue weighted by Gasteiger charge is 2.27. The van der Waals surface area contributed by atoms with Crippen molar-refractivity contribution in [1.82, 2.24) is 9.78 Å². The molecule has 3 aromatic rings. The van der Waals surface area contributed by atoms with Gasteiger partial charge in [0.15, 0.2) is 5.69 Å². The van der Waals surface area contributed by atoms with Gasteiger partial charge in [-0.3, -0.25) is 4.79 Å². The van der Waals surface area contributed by atoms with E-state index < -0.39 is 5.97 Å². The Morgan fingerprint density at radius 1 is 1.07 bits per heavy atom. The van der Waals surface area contributed by atoms with Crippen LogP contribution in [-0.4, -0.2) is 28.8 Å². The molecule has 2 aromatic carbocycles. The van der Waals surface area contributed by atoms with Crippen LogP contribution < -0.4 is 5.32 Å². The van der Waals surface area contributed by atoms with E-state index in [9.17, 15) is 9.59 Å². The third-order valence-electron chi connectivity index (χ3n) is 5.00. The smallest absolute Gasteiger partial charge is 0.339 e. The van der Waals surface area contributed by atoms with E-state index in [4.69, 9.17) is 4.74 Å². The number of para-hydroxylation sites is 1. The van der Waals surface area contributed by atoms with Crippen LogP contribution >= 0.6 is 0 Å². The Kier molecular flexibility index (Phi) is 4.69. The number of anilines is 1. The summed E-state index contributed by atoms with van der Waals surface area (Å²) in [5, 5.41) is 7.44. The molecule has 0 atom stereocenters. The maximum absolute atomic E-state index is 13.0. The number of carbonyl (C=O) groups is 2. The molecule has 1 heterocycles. The summed E-state index contributed by atoms with van der Waals surface area (Å²) < 4.78 is 6.66. The fourth-order valence-electron chi connectivity index (χ4n) is 3.58. The van der Waals surface area contributed by atoms with Gasteiger partial charge in [0.1, 0.15) is 0 Å². The molecular formula is C22H21N3O3. The Morgan fingerprint density at radius 3 is 2.57 bits per heavy atom. The van der Waals surface area contributed by atoms with Crippen molar-refractivity contribution in [1.29, 1.82) is 0 Å². The first-order valence-electron chi connectivity index (χ1n) is 9.25. The molecule has 6 heteroatoms. The summed E-state index contributed by atoms with van der Waals surface area (Å²) in [6.45, 7) is 2.04. The minimum atomic E-state index is -0.494. The maximum Gasteiger partial charge on any atom is 0.339 e. The zero-order valence-corrected chi connectivity index (χ0v) is 15.9. The van der Waals surface area contributed by atoms with E-state index in [1.165, 1.54) is 12.7 Å². The molecule has 0 unspecified atom stereocenters. The number of esters is 1. The number of aromatic nitrogens is 2. The number of carbonyl (C=O) groups excluding carboxylic acids is 2. The minimum absolute atomic E-state index is 0.313. The first kappa shape index (κ1) is 18.0. The van der Waals surface area contributed by atoms with Crippen LogP contribution in [-0.2, 0) is 17.6 Å². The van der Waals surface area contributed by atoms with Crippen molar-refractivity contribution in [2.75, 3.05) is 12.4 Å². The Balaban J connectivity index is 1.69. The standard InChI is InChI=1S/C22H21N3O3/c1-14-10-12-15(13-11-14)25-19-9-5-7-17(19)20(24-25)21(26)23-18-8-4-3-6-16(18)22(27)28-2/h3-4,6,8,10-13H,5,7,9H2,1-2H3,(H,23,26). The van der Waals surface area contributed by atoms with Crippen LogP contribution in [0.25, 0.3) is 5.69 Å². The molecule has 1 amide bonds. The zero-order chi connectivity index (χ0) is 19.7. The Bertz CT molecular complexity index is 1050. The van der Waals surface area contributed by atoms with Gasteiger partial charge in [0, 0.05) is 11.3 Å². The lowest BCUT2D eigenvalue weighted by Crippen LogP contribution is -2.17. The van der Waals surface area contributed by atoms with E-state index >= 15 is 0 Å². The van der Waals surface area contributed by atoms with E-state index in [1.54, 1.807) is 24.3 Å². The van der Waals surface area contributed by atoms with Gasteiger partial charge in [-0.05, 0) is 50.5 Å². The summed E-state index contributed by atoms with van der Waals surface area (Å²) in [6.07, 6.45) is 2.71. The van der Waals surface area contributed by atoms with Crippen molar-refractivity contribution < 1.29 is 14.3 Å². The van der Waals surface area contributed by atoms with Crippen LogP contribution in [0.1, 0.15) is 44.1 Å². The van der Waals surface area contributed by atoms with Gasteiger partial charge in [-0.2, -0.15) is 5.10 Å². The molecule has 0 bridgehead atoms. The number of nitrogens with zero attached hydrogens (tertiary/aromatic N) is 2. The molecule has 0 aliphatic heterocycles. The fourth-order valence-corrected chi connectivity index (χ4v) is 3.58. The second-order valence-electron chi connectivity index (χ2n) is 6.87. The van der Waals surface area contributed by atoms with Crippen molar-refractivity contribution >= 4 is 17.6 Å². The number of hydrogen-bond acceptors (Lipinski definition) is 4. The SMILES string of the molecule is COC(=O)c1ccccc1NC(=O)c1nn(-c2ccc(C)cc2)c2c1CCC2. The lowest BCUT2D eigenvalue weighted by Gasteiger charge is -2.09. The quantitative estimate of drug-likeness (QED) is 0.706. The number of hydrogen-bond donors (Lipinski definition) is 1. The first-order chi connectivity index (χ1) is 13.6. The average molecular weight is 375 g/mol. The average Bonchev–Trinajstić information content (AvgIpc) is 3.31. The van der Waals surface area contributed by atoms with E-state index in [-0.39, 0.29) is 5.91 Å². The van der Waals surface area contributed by atoms with Gasteiger partial charge in [-0.1, -0.05) is 29.8 Å². The summed E-state index contributed by atoms with van der Waals surface area (Å²) >= 11 is 0. The fraction of sp³-hybridized carbons (Fsp3) is 0.227. The van der Waals surface area contributed by atoms with Crippen LogP contribution in [0, 0.1) is 6.92 Å². The molecule has 0 spiro atoms. The van der Waals surface area contributed by atoms with Gasteiger partial charge in [0.2, 0.25) is 0 Å². The van der Waals surface area contributed by atoms with Gasteiger partial charge < -0.3 is 10.1 Å². The monoisotopic (exact) mass is 375 g/mol. The molecule has 0 fully saturated rings. The van der Waals surface area contributed by atoms with E-state index in [2.05, 4.69) is 10.4 Å². The lowest BCUT2D eigenvalue weighted by atomic mass is 10.1. The molecule has 0 saturated carbocycles. The number of amides is 1. The van der Waals surface area contributed by atoms with Crippen LogP contribution in [0.3, 0.4) is 0 Å². The van der Waals surface area contributed by atoms with Crippen molar-refractivity contribution in [2.45, 2.75) is 26.2 Å². The van der Waals surface area contributed by atoms with Gasteiger partial charge in [0.05, 0.1) is 24.0 Å². The highest BCUT2D eigenvalue weighted by molar-refractivity contribution is 6.08. The Labute approximate surface area is 163 Å². The van der Waals surface area contributed by atoms with E-state index in [1.807, 2.05) is 35.9 Å². The van der Waals surface area contributed by atoms with Crippen molar-refractivity contribution in [3.05, 3.63) is 76.6 Å². The van der Waals surface area contributed by atoms with Crippen molar-refractivity contribution in [3.63, 3.8) is 0 Å². The van der Waals surface area contributed by atoms with Crippen LogP contribution in [0.4, 0.5) is 5.69 Å². The molecule has 1 aliphatic carbocycles. The summed E-state index contributed by atoms with van der Waals surface area (Å²) in [6, 6.07) is 14.9. The number of fused-ring (bicyclic) bond motifs is 1. The van der Waals surface area contributed by atoms with Gasteiger partial charge in [0.25, 0.3) is 5.91 Å². The zero-order valence-electron chi connectivity index (χ0n) is 15.9. The Hall–Kier alpha value is -3.41. The second-order valence-corrected chi connectivity index (χ2v) is 6.87. The molecule has 1 aliphatic rings. The summed E-state index contributed by atoms with van der Waals surface area (Å²) in [7, 11) is 1.32. The third-order valence-corrected chi connectivity index (χ3v) is 5.00. The first-order valence-corrected chi connectivity index (χ1v) is 9.25. The molecule has 1 aromatic heterocycles. The summed E-state index contributed by atoms with van der Waals surface area (Å²) in [5.74, 6) is -0.813. The predicted molar refractivity (Wildman–Crippen MR) is 106 cm³/mol. The number of methoxy groups -OCH3 is 1. The molecule has 28 heavy (non-hydrogen) atoms. The van der Waals surface area contributed by atoms with Gasteiger partial charge in [-0.15, -0.1) is 0 Å². The van der Waals surface area contributed by atoms with Crippen LogP contribution in [0.15, 0.2) is 48.5 Å². The third kappa shape index (κ3) is 3.17.